The zero-order chi connectivity index (χ0) is 16.9. The van der Waals surface area contributed by atoms with Gasteiger partial charge in [0, 0.05) is 12.1 Å². The van der Waals surface area contributed by atoms with Gasteiger partial charge in [-0.1, -0.05) is 31.2 Å². The van der Waals surface area contributed by atoms with E-state index in [-0.39, 0.29) is 12.0 Å². The molecular formula is C20H23NO3. The summed E-state index contributed by atoms with van der Waals surface area (Å²) in [4.78, 5) is 14.6. The highest BCUT2D eigenvalue weighted by Gasteiger charge is 2.26. The summed E-state index contributed by atoms with van der Waals surface area (Å²) in [5.74, 6) is 0.790. The van der Waals surface area contributed by atoms with E-state index in [9.17, 15) is 4.79 Å². The highest BCUT2D eigenvalue weighted by atomic mass is 16.5. The van der Waals surface area contributed by atoms with Crippen LogP contribution in [-0.4, -0.2) is 37.6 Å². The predicted octanol–water partition coefficient (Wildman–Crippen LogP) is 3.47. The van der Waals surface area contributed by atoms with E-state index in [0.29, 0.717) is 25.3 Å². The number of methoxy groups -OCH3 is 1. The van der Waals surface area contributed by atoms with E-state index in [1.165, 1.54) is 5.56 Å². The van der Waals surface area contributed by atoms with Crippen molar-refractivity contribution in [1.82, 2.24) is 4.90 Å². The molecule has 1 aliphatic rings. The largest absolute Gasteiger partial charge is 0.497 e. The zero-order valence-electron chi connectivity index (χ0n) is 14.2. The molecule has 0 saturated carbocycles. The van der Waals surface area contributed by atoms with Crippen molar-refractivity contribution in [3.05, 3.63) is 65.2 Å². The fraction of sp³-hybridized carbons (Fsp3) is 0.350. The number of amides is 1. The van der Waals surface area contributed by atoms with Crippen molar-refractivity contribution in [3.8, 4) is 5.75 Å². The predicted molar refractivity (Wildman–Crippen MR) is 93.4 cm³/mol. The number of hydrogen-bond acceptors (Lipinski definition) is 3. The summed E-state index contributed by atoms with van der Waals surface area (Å²) in [6, 6.07) is 15.7. The average Bonchev–Trinajstić information content (AvgIpc) is 2.67. The molecule has 1 atom stereocenters. The normalized spacial score (nSPS) is 17.6. The van der Waals surface area contributed by atoms with E-state index in [1.807, 2.05) is 29.2 Å². The van der Waals surface area contributed by atoms with E-state index in [4.69, 9.17) is 9.47 Å². The molecule has 4 heteroatoms. The number of carbonyl (C=O) groups excluding carboxylic acids is 1. The van der Waals surface area contributed by atoms with E-state index >= 15 is 0 Å². The van der Waals surface area contributed by atoms with Gasteiger partial charge in [-0.3, -0.25) is 4.79 Å². The maximum Gasteiger partial charge on any atom is 0.254 e. The van der Waals surface area contributed by atoms with Crippen molar-refractivity contribution in [2.45, 2.75) is 19.4 Å². The minimum atomic E-state index is -0.0631. The van der Waals surface area contributed by atoms with Crippen LogP contribution in [0.2, 0.25) is 0 Å². The van der Waals surface area contributed by atoms with Crippen molar-refractivity contribution < 1.29 is 14.3 Å². The molecule has 1 unspecified atom stereocenters. The molecule has 0 spiro atoms. The Kier molecular flexibility index (Phi) is 5.16. The third-order valence-corrected chi connectivity index (χ3v) is 4.45. The number of hydrogen-bond donors (Lipinski definition) is 0. The van der Waals surface area contributed by atoms with Gasteiger partial charge < -0.3 is 14.4 Å². The lowest BCUT2D eigenvalue weighted by Crippen LogP contribution is -2.42. The van der Waals surface area contributed by atoms with Crippen LogP contribution in [0.4, 0.5) is 0 Å². The SMILES string of the molecule is CCc1ccc(C2CN(C(=O)c3ccc(OC)cc3)CCO2)cc1. The number of benzene rings is 2. The summed E-state index contributed by atoms with van der Waals surface area (Å²) in [7, 11) is 1.62. The van der Waals surface area contributed by atoms with Crippen molar-refractivity contribution in [3.63, 3.8) is 0 Å². The van der Waals surface area contributed by atoms with Crippen LogP contribution in [-0.2, 0) is 11.2 Å². The molecule has 24 heavy (non-hydrogen) atoms. The van der Waals surface area contributed by atoms with Crippen molar-refractivity contribution in [2.24, 2.45) is 0 Å². The summed E-state index contributed by atoms with van der Waals surface area (Å²) in [6.07, 6.45) is 0.959. The molecule has 0 aromatic heterocycles. The molecule has 1 amide bonds. The summed E-state index contributed by atoms with van der Waals surface area (Å²) in [5.41, 5.74) is 3.11. The Morgan fingerprint density at radius 2 is 1.88 bits per heavy atom. The van der Waals surface area contributed by atoms with Gasteiger partial charge in [0.1, 0.15) is 11.9 Å². The molecule has 1 heterocycles. The average molecular weight is 325 g/mol. The van der Waals surface area contributed by atoms with Gasteiger partial charge in [-0.05, 0) is 41.8 Å². The molecule has 3 rings (SSSR count). The molecule has 0 N–H and O–H groups in total. The third kappa shape index (κ3) is 3.60. The van der Waals surface area contributed by atoms with Crippen LogP contribution >= 0.6 is 0 Å². The van der Waals surface area contributed by atoms with Gasteiger partial charge in [0.2, 0.25) is 0 Å². The number of carbonyl (C=O) groups is 1. The lowest BCUT2D eigenvalue weighted by atomic mass is 10.0. The topological polar surface area (TPSA) is 38.8 Å². The van der Waals surface area contributed by atoms with Crippen LogP contribution in [0.3, 0.4) is 0 Å². The summed E-state index contributed by atoms with van der Waals surface area (Å²) in [6.45, 7) is 3.90. The van der Waals surface area contributed by atoms with Gasteiger partial charge in [0.05, 0.1) is 20.3 Å². The first-order valence-electron chi connectivity index (χ1n) is 8.35. The van der Waals surface area contributed by atoms with E-state index in [0.717, 1.165) is 17.7 Å². The second-order valence-electron chi connectivity index (χ2n) is 5.93. The van der Waals surface area contributed by atoms with Gasteiger partial charge in [0.15, 0.2) is 0 Å². The molecule has 2 aromatic carbocycles. The Hall–Kier alpha value is -2.33. The lowest BCUT2D eigenvalue weighted by molar-refractivity contribution is -0.0228. The second kappa shape index (κ2) is 7.49. The third-order valence-electron chi connectivity index (χ3n) is 4.45. The van der Waals surface area contributed by atoms with E-state index in [1.54, 1.807) is 7.11 Å². The zero-order valence-corrected chi connectivity index (χ0v) is 14.2. The minimum Gasteiger partial charge on any atom is -0.497 e. The highest BCUT2D eigenvalue weighted by molar-refractivity contribution is 5.94. The Labute approximate surface area is 143 Å². The molecule has 1 aliphatic heterocycles. The van der Waals surface area contributed by atoms with E-state index in [2.05, 4.69) is 31.2 Å². The van der Waals surface area contributed by atoms with Crippen LogP contribution in [0.1, 0.15) is 34.5 Å². The molecular weight excluding hydrogens is 302 g/mol. The van der Waals surface area contributed by atoms with Crippen LogP contribution in [0.25, 0.3) is 0 Å². The minimum absolute atomic E-state index is 0.0381. The fourth-order valence-corrected chi connectivity index (χ4v) is 2.92. The standard InChI is InChI=1S/C20H23NO3/c1-3-15-4-6-16(7-5-15)19-14-21(12-13-24-19)20(22)17-8-10-18(23-2)11-9-17/h4-11,19H,3,12-14H2,1-2H3. The number of ether oxygens (including phenoxy) is 2. The molecule has 0 aliphatic carbocycles. The summed E-state index contributed by atoms with van der Waals surface area (Å²) < 4.78 is 11.0. The fourth-order valence-electron chi connectivity index (χ4n) is 2.92. The first kappa shape index (κ1) is 16.5. The highest BCUT2D eigenvalue weighted by Crippen LogP contribution is 2.24. The number of morpholine rings is 1. The monoisotopic (exact) mass is 325 g/mol. The van der Waals surface area contributed by atoms with Crippen LogP contribution in [0.5, 0.6) is 5.75 Å². The van der Waals surface area contributed by atoms with Crippen LogP contribution in [0, 0.1) is 0 Å². The molecule has 1 fully saturated rings. The van der Waals surface area contributed by atoms with Crippen LogP contribution in [0.15, 0.2) is 48.5 Å². The van der Waals surface area contributed by atoms with Gasteiger partial charge in [0.25, 0.3) is 5.91 Å². The summed E-state index contributed by atoms with van der Waals surface area (Å²) in [5, 5.41) is 0. The Morgan fingerprint density at radius 3 is 2.50 bits per heavy atom. The Morgan fingerprint density at radius 1 is 1.17 bits per heavy atom. The number of rotatable bonds is 4. The molecule has 4 nitrogen and oxygen atoms in total. The first-order chi connectivity index (χ1) is 11.7. The first-order valence-corrected chi connectivity index (χ1v) is 8.35. The quantitative estimate of drug-likeness (QED) is 0.864. The molecule has 0 radical (unpaired) electrons. The lowest BCUT2D eigenvalue weighted by Gasteiger charge is -2.33. The van der Waals surface area contributed by atoms with Crippen molar-refractivity contribution in [1.29, 1.82) is 0 Å². The Balaban J connectivity index is 1.70. The second-order valence-corrected chi connectivity index (χ2v) is 5.93. The van der Waals surface area contributed by atoms with Gasteiger partial charge in [-0.15, -0.1) is 0 Å². The van der Waals surface area contributed by atoms with Crippen LogP contribution < -0.4 is 4.74 Å². The molecule has 0 bridgehead atoms. The molecule has 1 saturated heterocycles. The molecule has 126 valence electrons. The van der Waals surface area contributed by atoms with Gasteiger partial charge in [-0.2, -0.15) is 0 Å². The maximum atomic E-state index is 12.7. The Bertz CT molecular complexity index is 679. The number of aryl methyl sites for hydroxylation is 1. The van der Waals surface area contributed by atoms with E-state index < -0.39 is 0 Å². The van der Waals surface area contributed by atoms with Crippen molar-refractivity contribution in [2.75, 3.05) is 26.8 Å². The molecule has 2 aromatic rings. The van der Waals surface area contributed by atoms with Crippen molar-refractivity contribution >= 4 is 5.91 Å². The number of nitrogens with zero attached hydrogens (tertiary/aromatic N) is 1. The van der Waals surface area contributed by atoms with Gasteiger partial charge in [-0.25, -0.2) is 0 Å². The smallest absolute Gasteiger partial charge is 0.254 e. The maximum absolute atomic E-state index is 12.7. The van der Waals surface area contributed by atoms with Gasteiger partial charge >= 0.3 is 0 Å². The summed E-state index contributed by atoms with van der Waals surface area (Å²) >= 11 is 0.